The van der Waals surface area contributed by atoms with E-state index in [1.807, 2.05) is 11.8 Å². The van der Waals surface area contributed by atoms with Crippen LogP contribution < -0.4 is 0 Å². The van der Waals surface area contributed by atoms with Crippen molar-refractivity contribution in [3.8, 4) is 0 Å². The van der Waals surface area contributed by atoms with Crippen LogP contribution in [0.15, 0.2) is 0 Å². The first kappa shape index (κ1) is 9.02. The quantitative estimate of drug-likeness (QED) is 0.520. The van der Waals surface area contributed by atoms with E-state index in [0.29, 0.717) is 5.78 Å². The number of thioether (sulfide) groups is 1. The zero-order valence-corrected chi connectivity index (χ0v) is 5.67. The molecule has 0 amide bonds. The van der Waals surface area contributed by atoms with E-state index in [-0.39, 0.29) is 7.43 Å². The van der Waals surface area contributed by atoms with Crippen molar-refractivity contribution >= 4 is 17.5 Å². The third kappa shape index (κ3) is 3.57. The SMILES string of the molecule is C.O=C1CCCSCC1. The summed E-state index contributed by atoms with van der Waals surface area (Å²) in [6.45, 7) is 0. The highest BCUT2D eigenvalue weighted by Crippen LogP contribution is 2.12. The average Bonchev–Trinajstić information content (AvgIpc) is 1.94. The van der Waals surface area contributed by atoms with Gasteiger partial charge in [-0.2, -0.15) is 11.8 Å². The summed E-state index contributed by atoms with van der Waals surface area (Å²) >= 11 is 1.90. The molecule has 0 N–H and O–H groups in total. The number of Topliss-reactive ketones (excluding diaryl/α,β-unsaturated/α-hetero) is 1. The van der Waals surface area contributed by atoms with Crippen LogP contribution in [-0.2, 0) is 4.79 Å². The molecule has 0 aromatic rings. The number of ketones is 1. The summed E-state index contributed by atoms with van der Waals surface area (Å²) in [5, 5.41) is 0. The second-order valence-electron chi connectivity index (χ2n) is 2.00. The fourth-order valence-corrected chi connectivity index (χ4v) is 1.71. The topological polar surface area (TPSA) is 17.1 Å². The smallest absolute Gasteiger partial charge is 0.133 e. The standard InChI is InChI=1S/C6H10OS.CH4/c7-6-2-1-4-8-5-3-6;/h1-5H2;1H4. The molecule has 54 valence electrons. The molecule has 1 aliphatic rings. The minimum absolute atomic E-state index is 0. The molecule has 0 aromatic carbocycles. The van der Waals surface area contributed by atoms with Crippen molar-refractivity contribution in [1.82, 2.24) is 0 Å². The predicted octanol–water partition coefficient (Wildman–Crippen LogP) is 2.11. The Morgan fingerprint density at radius 1 is 1.22 bits per heavy atom. The largest absolute Gasteiger partial charge is 0.300 e. The zero-order valence-electron chi connectivity index (χ0n) is 4.85. The second-order valence-corrected chi connectivity index (χ2v) is 3.23. The maximum atomic E-state index is 10.7. The Kier molecular flexibility index (Phi) is 4.87. The highest BCUT2D eigenvalue weighted by molar-refractivity contribution is 7.99. The van der Waals surface area contributed by atoms with Gasteiger partial charge in [-0.25, -0.2) is 0 Å². The molecule has 9 heavy (non-hydrogen) atoms. The molecule has 0 spiro atoms. The lowest BCUT2D eigenvalue weighted by molar-refractivity contribution is -0.118. The van der Waals surface area contributed by atoms with E-state index in [1.165, 1.54) is 5.75 Å². The van der Waals surface area contributed by atoms with Crippen molar-refractivity contribution < 1.29 is 4.79 Å². The van der Waals surface area contributed by atoms with Crippen LogP contribution >= 0.6 is 11.8 Å². The van der Waals surface area contributed by atoms with Gasteiger partial charge in [0.25, 0.3) is 0 Å². The van der Waals surface area contributed by atoms with Crippen LogP contribution in [0.2, 0.25) is 0 Å². The summed E-state index contributed by atoms with van der Waals surface area (Å²) < 4.78 is 0. The van der Waals surface area contributed by atoms with Gasteiger partial charge >= 0.3 is 0 Å². The van der Waals surface area contributed by atoms with Crippen LogP contribution in [-0.4, -0.2) is 17.3 Å². The highest BCUT2D eigenvalue weighted by Gasteiger charge is 2.05. The minimum atomic E-state index is 0. The fraction of sp³-hybridized carbons (Fsp3) is 0.857. The van der Waals surface area contributed by atoms with Crippen molar-refractivity contribution in [1.29, 1.82) is 0 Å². The van der Waals surface area contributed by atoms with Crippen molar-refractivity contribution in [3.63, 3.8) is 0 Å². The van der Waals surface area contributed by atoms with Crippen LogP contribution in [0.1, 0.15) is 26.7 Å². The van der Waals surface area contributed by atoms with Gasteiger partial charge in [0.2, 0.25) is 0 Å². The highest BCUT2D eigenvalue weighted by atomic mass is 32.2. The third-order valence-corrected chi connectivity index (χ3v) is 2.34. The lowest BCUT2D eigenvalue weighted by Crippen LogP contribution is -1.94. The Morgan fingerprint density at radius 2 is 2.00 bits per heavy atom. The normalized spacial score (nSPS) is 20.2. The molecule has 0 saturated carbocycles. The summed E-state index contributed by atoms with van der Waals surface area (Å²) in [6, 6.07) is 0. The van der Waals surface area contributed by atoms with E-state index in [4.69, 9.17) is 0 Å². The molecule has 1 aliphatic heterocycles. The van der Waals surface area contributed by atoms with Crippen LogP contribution in [0.25, 0.3) is 0 Å². The average molecular weight is 146 g/mol. The van der Waals surface area contributed by atoms with Gasteiger partial charge in [0.1, 0.15) is 5.78 Å². The summed E-state index contributed by atoms with van der Waals surface area (Å²) in [6.07, 6.45) is 2.74. The first-order valence-electron chi connectivity index (χ1n) is 2.99. The van der Waals surface area contributed by atoms with E-state index in [0.717, 1.165) is 25.0 Å². The Balaban J connectivity index is 0.000000640. The molecule has 0 aliphatic carbocycles. The molecule has 0 aromatic heterocycles. The van der Waals surface area contributed by atoms with Crippen LogP contribution in [0, 0.1) is 0 Å². The Morgan fingerprint density at radius 3 is 2.78 bits per heavy atom. The van der Waals surface area contributed by atoms with Gasteiger partial charge in [-0.1, -0.05) is 7.43 Å². The van der Waals surface area contributed by atoms with Crippen LogP contribution in [0.5, 0.6) is 0 Å². The Bertz CT molecular complexity index is 80.9. The van der Waals surface area contributed by atoms with Gasteiger partial charge in [0.05, 0.1) is 0 Å². The third-order valence-electron chi connectivity index (χ3n) is 1.27. The number of carbonyl (C=O) groups excluding carboxylic acids is 1. The summed E-state index contributed by atoms with van der Waals surface area (Å²) in [4.78, 5) is 10.7. The monoisotopic (exact) mass is 146 g/mol. The lowest BCUT2D eigenvalue weighted by atomic mass is 10.2. The Labute approximate surface area is 61.2 Å². The molecule has 0 atom stereocenters. The van der Waals surface area contributed by atoms with E-state index >= 15 is 0 Å². The minimum Gasteiger partial charge on any atom is -0.300 e. The molecule has 0 unspecified atom stereocenters. The van der Waals surface area contributed by atoms with Crippen LogP contribution in [0.4, 0.5) is 0 Å². The Hall–Kier alpha value is 0.0200. The molecular weight excluding hydrogens is 132 g/mol. The lowest BCUT2D eigenvalue weighted by Gasteiger charge is -1.86. The molecule has 0 radical (unpaired) electrons. The summed E-state index contributed by atoms with van der Waals surface area (Å²) in [7, 11) is 0. The maximum Gasteiger partial charge on any atom is 0.133 e. The van der Waals surface area contributed by atoms with Crippen molar-refractivity contribution in [2.75, 3.05) is 11.5 Å². The molecular formula is C7H14OS. The summed E-state index contributed by atoms with van der Waals surface area (Å²) in [5.74, 6) is 2.69. The van der Waals surface area contributed by atoms with E-state index < -0.39 is 0 Å². The van der Waals surface area contributed by atoms with Gasteiger partial charge in [0, 0.05) is 18.6 Å². The molecule has 1 heterocycles. The van der Waals surface area contributed by atoms with Gasteiger partial charge in [-0.3, -0.25) is 4.79 Å². The first-order chi connectivity index (χ1) is 3.89. The van der Waals surface area contributed by atoms with Crippen molar-refractivity contribution in [2.24, 2.45) is 0 Å². The first-order valence-corrected chi connectivity index (χ1v) is 4.14. The molecule has 1 fully saturated rings. The van der Waals surface area contributed by atoms with E-state index in [2.05, 4.69) is 0 Å². The number of hydrogen-bond acceptors (Lipinski definition) is 2. The van der Waals surface area contributed by atoms with Gasteiger partial charge in [0.15, 0.2) is 0 Å². The fourth-order valence-electron chi connectivity index (χ4n) is 0.784. The van der Waals surface area contributed by atoms with Crippen molar-refractivity contribution in [2.45, 2.75) is 26.7 Å². The van der Waals surface area contributed by atoms with E-state index in [1.54, 1.807) is 0 Å². The zero-order chi connectivity index (χ0) is 5.82. The van der Waals surface area contributed by atoms with Crippen LogP contribution in [0.3, 0.4) is 0 Å². The molecule has 1 rings (SSSR count). The second kappa shape index (κ2) is 4.86. The van der Waals surface area contributed by atoms with Gasteiger partial charge in [-0.15, -0.1) is 0 Å². The molecule has 1 saturated heterocycles. The number of hydrogen-bond donors (Lipinski definition) is 0. The van der Waals surface area contributed by atoms with Gasteiger partial charge in [-0.05, 0) is 12.2 Å². The van der Waals surface area contributed by atoms with Crippen molar-refractivity contribution in [3.05, 3.63) is 0 Å². The summed E-state index contributed by atoms with van der Waals surface area (Å²) in [5.41, 5.74) is 0. The predicted molar refractivity (Wildman–Crippen MR) is 42.9 cm³/mol. The van der Waals surface area contributed by atoms with E-state index in [9.17, 15) is 4.79 Å². The molecule has 2 heteroatoms. The molecule has 0 bridgehead atoms. The van der Waals surface area contributed by atoms with Gasteiger partial charge < -0.3 is 0 Å². The number of carbonyl (C=O) groups is 1. The molecule has 1 nitrogen and oxygen atoms in total. The maximum absolute atomic E-state index is 10.7. The number of rotatable bonds is 0.